The fourth-order valence-electron chi connectivity index (χ4n) is 2.56. The minimum atomic E-state index is -2.58. The number of hydrogen-bond donors (Lipinski definition) is 0. The molecule has 1 saturated carbocycles. The van der Waals surface area contributed by atoms with Crippen LogP contribution in [0.15, 0.2) is 4.99 Å². The Morgan fingerprint density at radius 2 is 1.78 bits per heavy atom. The number of rotatable bonds is 0. The van der Waals surface area contributed by atoms with Crippen LogP contribution in [0.3, 0.4) is 0 Å². The van der Waals surface area contributed by atoms with E-state index in [0.29, 0.717) is 18.3 Å². The molecular formula is C10H10F4N2OS. The van der Waals surface area contributed by atoms with Crippen molar-refractivity contribution in [3.63, 3.8) is 0 Å². The zero-order chi connectivity index (χ0) is 13.0. The lowest BCUT2D eigenvalue weighted by atomic mass is 9.82. The number of amides is 1. The van der Waals surface area contributed by atoms with Crippen molar-refractivity contribution in [1.29, 1.82) is 0 Å². The highest BCUT2D eigenvalue weighted by atomic mass is 32.2. The second kappa shape index (κ2) is 4.11. The first-order valence-corrected chi connectivity index (χ1v) is 6.49. The molecule has 0 aromatic carbocycles. The van der Waals surface area contributed by atoms with Crippen molar-refractivity contribution in [2.24, 2.45) is 10.9 Å². The molecule has 2 aliphatic heterocycles. The first kappa shape index (κ1) is 12.3. The molecule has 3 aliphatic rings. The lowest BCUT2D eigenvalue weighted by Crippen LogP contribution is -2.62. The maximum absolute atomic E-state index is 13.8. The summed E-state index contributed by atoms with van der Waals surface area (Å²) in [7, 11) is 0. The van der Waals surface area contributed by atoms with Crippen molar-refractivity contribution < 1.29 is 22.4 Å². The molecule has 0 aromatic heterocycles. The molecule has 100 valence electrons. The fraction of sp³-hybridized carbons (Fsp3) is 0.800. The van der Waals surface area contributed by atoms with Gasteiger partial charge in [0, 0.05) is 6.54 Å². The van der Waals surface area contributed by atoms with Crippen LogP contribution in [0.25, 0.3) is 0 Å². The quantitative estimate of drug-likeness (QED) is 0.627. The van der Waals surface area contributed by atoms with Gasteiger partial charge >= 0.3 is 0 Å². The topological polar surface area (TPSA) is 32.7 Å². The number of alkyl halides is 4. The van der Waals surface area contributed by atoms with Crippen molar-refractivity contribution in [2.45, 2.75) is 29.9 Å². The van der Waals surface area contributed by atoms with Gasteiger partial charge in [0.05, 0.1) is 17.7 Å². The molecule has 3 rings (SSSR count). The summed E-state index contributed by atoms with van der Waals surface area (Å²) in [5.41, 5.74) is 0. The van der Waals surface area contributed by atoms with Crippen LogP contribution in [0, 0.1) is 5.92 Å². The van der Waals surface area contributed by atoms with Gasteiger partial charge in [-0.05, 0) is 0 Å². The van der Waals surface area contributed by atoms with Gasteiger partial charge in [0.25, 0.3) is 0 Å². The molecule has 6 atom stereocenters. The highest BCUT2D eigenvalue weighted by molar-refractivity contribution is 8.14. The summed E-state index contributed by atoms with van der Waals surface area (Å²) in [4.78, 5) is 17.2. The summed E-state index contributed by atoms with van der Waals surface area (Å²) in [5, 5.41) is -0.928. The van der Waals surface area contributed by atoms with Gasteiger partial charge in [-0.1, -0.05) is 11.8 Å². The highest BCUT2D eigenvalue weighted by Gasteiger charge is 2.59. The Hall–Kier alpha value is -0.790. The molecule has 8 heteroatoms. The number of amidine groups is 1. The monoisotopic (exact) mass is 282 g/mol. The molecular weight excluding hydrogens is 272 g/mol. The Bertz CT molecular complexity index is 421. The molecule has 3 nitrogen and oxygen atoms in total. The van der Waals surface area contributed by atoms with Gasteiger partial charge in [-0.2, -0.15) is 0 Å². The SMILES string of the molecule is O=C1C2C(F)C(F)C(F)C(F)C2SC2=NCCN12. The average molecular weight is 282 g/mol. The molecule has 1 aliphatic carbocycles. The van der Waals surface area contributed by atoms with Crippen LogP contribution in [0.5, 0.6) is 0 Å². The highest BCUT2D eigenvalue weighted by Crippen LogP contribution is 2.45. The standard InChI is InChI=1S/C10H10F4N2OS/c11-4-3-8(7(14)6(13)5(4)12)18-10-15-1-2-16(10)9(3)17/h3-8H,1-2H2. The molecule has 0 N–H and O–H groups in total. The van der Waals surface area contributed by atoms with Crippen molar-refractivity contribution in [3.05, 3.63) is 0 Å². The van der Waals surface area contributed by atoms with Crippen molar-refractivity contribution in [3.8, 4) is 0 Å². The minimum Gasteiger partial charge on any atom is -0.289 e. The second-order valence-corrected chi connectivity index (χ2v) is 5.69. The van der Waals surface area contributed by atoms with Crippen molar-refractivity contribution in [1.82, 2.24) is 4.90 Å². The Morgan fingerprint density at radius 3 is 2.50 bits per heavy atom. The number of carbonyl (C=O) groups excluding carboxylic acids is 1. The van der Waals surface area contributed by atoms with Gasteiger partial charge in [-0.25, -0.2) is 17.6 Å². The molecule has 0 spiro atoms. The Labute approximate surface area is 105 Å². The number of aliphatic imine (C=N–C) groups is 1. The fourth-order valence-corrected chi connectivity index (χ4v) is 3.97. The van der Waals surface area contributed by atoms with E-state index in [1.807, 2.05) is 0 Å². The molecule has 2 fully saturated rings. The van der Waals surface area contributed by atoms with E-state index in [9.17, 15) is 22.4 Å². The number of hydrogen-bond acceptors (Lipinski definition) is 3. The number of nitrogens with zero attached hydrogens (tertiary/aromatic N) is 2. The predicted molar refractivity (Wildman–Crippen MR) is 58.5 cm³/mol. The maximum Gasteiger partial charge on any atom is 0.236 e. The Morgan fingerprint density at radius 1 is 1.11 bits per heavy atom. The van der Waals surface area contributed by atoms with E-state index in [4.69, 9.17) is 0 Å². The first-order valence-electron chi connectivity index (χ1n) is 5.61. The smallest absolute Gasteiger partial charge is 0.236 e. The van der Waals surface area contributed by atoms with Crippen LogP contribution in [0.4, 0.5) is 17.6 Å². The predicted octanol–water partition coefficient (Wildman–Crippen LogP) is 1.28. The molecule has 1 amide bonds. The van der Waals surface area contributed by atoms with Gasteiger partial charge in [-0.3, -0.25) is 14.7 Å². The van der Waals surface area contributed by atoms with Gasteiger partial charge in [0.1, 0.15) is 12.3 Å². The number of halogens is 4. The van der Waals surface area contributed by atoms with Gasteiger partial charge in [0.15, 0.2) is 17.5 Å². The van der Waals surface area contributed by atoms with Crippen molar-refractivity contribution >= 4 is 22.8 Å². The molecule has 2 heterocycles. The molecule has 0 bridgehead atoms. The summed E-state index contributed by atoms with van der Waals surface area (Å²) in [6.07, 6.45) is -9.57. The lowest BCUT2D eigenvalue weighted by molar-refractivity contribution is -0.140. The van der Waals surface area contributed by atoms with Crippen LogP contribution in [-0.2, 0) is 4.79 Å². The number of carbonyl (C=O) groups is 1. The van der Waals surface area contributed by atoms with E-state index in [1.165, 1.54) is 4.90 Å². The molecule has 0 aromatic rings. The summed E-state index contributed by atoms with van der Waals surface area (Å²) in [6, 6.07) is 0. The Balaban J connectivity index is 1.96. The third kappa shape index (κ3) is 1.50. The number of fused-ring (bicyclic) bond motifs is 2. The third-order valence-electron chi connectivity index (χ3n) is 3.52. The van der Waals surface area contributed by atoms with E-state index in [1.54, 1.807) is 0 Å². The van der Waals surface area contributed by atoms with Crippen LogP contribution >= 0.6 is 11.8 Å². The zero-order valence-corrected chi connectivity index (χ0v) is 9.92. The molecule has 0 radical (unpaired) electrons. The van der Waals surface area contributed by atoms with Gasteiger partial charge in [-0.15, -0.1) is 0 Å². The summed E-state index contributed by atoms with van der Waals surface area (Å²) < 4.78 is 54.1. The van der Waals surface area contributed by atoms with Crippen LogP contribution in [0.2, 0.25) is 0 Å². The van der Waals surface area contributed by atoms with Gasteiger partial charge < -0.3 is 0 Å². The summed E-state index contributed by atoms with van der Waals surface area (Å²) in [6.45, 7) is 0.656. The molecule has 6 unspecified atom stereocenters. The van der Waals surface area contributed by atoms with E-state index in [2.05, 4.69) is 4.99 Å². The van der Waals surface area contributed by atoms with Crippen LogP contribution in [-0.4, -0.2) is 59.0 Å². The second-order valence-electron chi connectivity index (χ2n) is 4.54. The third-order valence-corrected chi connectivity index (χ3v) is 4.90. The maximum atomic E-state index is 13.8. The van der Waals surface area contributed by atoms with E-state index in [0.717, 1.165) is 11.8 Å². The van der Waals surface area contributed by atoms with Crippen LogP contribution in [0.1, 0.15) is 0 Å². The summed E-state index contributed by atoms with van der Waals surface area (Å²) in [5.74, 6) is -2.14. The number of thioether (sulfide) groups is 1. The normalized spacial score (nSPS) is 47.7. The minimum absolute atomic E-state index is 0.292. The largest absolute Gasteiger partial charge is 0.289 e. The van der Waals surface area contributed by atoms with Crippen LogP contribution < -0.4 is 0 Å². The average Bonchev–Trinajstić information content (AvgIpc) is 2.82. The molecule has 1 saturated heterocycles. The summed E-state index contributed by atoms with van der Waals surface area (Å²) >= 11 is 0.841. The Kier molecular flexibility index (Phi) is 2.80. The zero-order valence-electron chi connectivity index (χ0n) is 9.10. The lowest BCUT2D eigenvalue weighted by Gasteiger charge is -2.43. The van der Waals surface area contributed by atoms with E-state index in [-0.39, 0.29) is 0 Å². The van der Waals surface area contributed by atoms with Crippen molar-refractivity contribution in [2.75, 3.05) is 13.1 Å². The van der Waals surface area contributed by atoms with E-state index >= 15 is 0 Å². The first-order chi connectivity index (χ1) is 8.52. The van der Waals surface area contributed by atoms with Gasteiger partial charge in [0.2, 0.25) is 5.91 Å². The van der Waals surface area contributed by atoms with E-state index < -0.39 is 41.8 Å². The molecule has 18 heavy (non-hydrogen) atoms.